The Labute approximate surface area is 132 Å². The van der Waals surface area contributed by atoms with Crippen molar-refractivity contribution >= 4 is 22.6 Å². The van der Waals surface area contributed by atoms with Crippen molar-refractivity contribution in [3.63, 3.8) is 0 Å². The molecule has 0 radical (unpaired) electrons. The number of hydrogen-bond acceptors (Lipinski definition) is 2. The molecule has 20 heavy (non-hydrogen) atoms. The van der Waals surface area contributed by atoms with Crippen LogP contribution in [0.1, 0.15) is 35.3 Å². The Bertz CT molecular complexity index is 580. The van der Waals surface area contributed by atoms with Crippen LogP contribution in [-0.2, 0) is 11.2 Å². The third kappa shape index (κ3) is 3.05. The lowest BCUT2D eigenvalue weighted by Crippen LogP contribution is -2.18. The molecule has 2 aromatic rings. The van der Waals surface area contributed by atoms with Crippen LogP contribution < -0.4 is 0 Å². The molecule has 104 valence electrons. The van der Waals surface area contributed by atoms with Gasteiger partial charge < -0.3 is 9.84 Å². The number of fused-ring (bicyclic) bond motifs is 1. The van der Waals surface area contributed by atoms with Crippen molar-refractivity contribution in [2.75, 3.05) is 6.61 Å². The molecule has 0 bridgehead atoms. The molecule has 3 rings (SSSR count). The molecule has 3 heteroatoms. The third-order valence-electron chi connectivity index (χ3n) is 3.78. The summed E-state index contributed by atoms with van der Waals surface area (Å²) in [5, 5.41) is 10.4. The average molecular weight is 380 g/mol. The van der Waals surface area contributed by atoms with Crippen molar-refractivity contribution in [2.45, 2.75) is 25.0 Å². The molecule has 2 unspecified atom stereocenters. The highest BCUT2D eigenvalue weighted by Crippen LogP contribution is 2.34. The maximum absolute atomic E-state index is 10.4. The van der Waals surface area contributed by atoms with Gasteiger partial charge in [0.2, 0.25) is 0 Å². The van der Waals surface area contributed by atoms with Crippen LogP contribution in [-0.4, -0.2) is 11.7 Å². The fourth-order valence-electron chi connectivity index (χ4n) is 2.70. The van der Waals surface area contributed by atoms with Crippen molar-refractivity contribution in [1.82, 2.24) is 0 Å². The highest BCUT2D eigenvalue weighted by Gasteiger charge is 2.23. The minimum absolute atomic E-state index is 0.00534. The standard InChI is InChI=1S/C17H17IO2/c18-14-7-5-13(6-8-14)16(19)11-17-15-4-2-1-3-12(15)9-10-20-17/h1-8,16-17,19H,9-11H2. The molecule has 0 aliphatic carbocycles. The van der Waals surface area contributed by atoms with Crippen molar-refractivity contribution in [1.29, 1.82) is 0 Å². The quantitative estimate of drug-likeness (QED) is 0.815. The van der Waals surface area contributed by atoms with Crippen LogP contribution in [0.4, 0.5) is 0 Å². The van der Waals surface area contributed by atoms with Crippen LogP contribution >= 0.6 is 22.6 Å². The van der Waals surface area contributed by atoms with Gasteiger partial charge in [0.05, 0.1) is 18.8 Å². The Morgan fingerprint density at radius 2 is 1.90 bits per heavy atom. The summed E-state index contributed by atoms with van der Waals surface area (Å²) in [5.74, 6) is 0. The molecule has 0 spiro atoms. The van der Waals surface area contributed by atoms with E-state index in [1.165, 1.54) is 14.7 Å². The maximum Gasteiger partial charge on any atom is 0.0855 e. The van der Waals surface area contributed by atoms with Crippen LogP contribution in [0.5, 0.6) is 0 Å². The SMILES string of the molecule is OC(CC1OCCc2ccccc21)c1ccc(I)cc1. The Morgan fingerprint density at radius 3 is 2.70 bits per heavy atom. The second-order valence-corrected chi connectivity index (χ2v) is 6.36. The van der Waals surface area contributed by atoms with Gasteiger partial charge in [-0.25, -0.2) is 0 Å². The van der Waals surface area contributed by atoms with Gasteiger partial charge in [0.15, 0.2) is 0 Å². The van der Waals surface area contributed by atoms with Gasteiger partial charge in [-0.3, -0.25) is 0 Å². The molecule has 0 fully saturated rings. The van der Waals surface area contributed by atoms with E-state index in [0.29, 0.717) is 6.42 Å². The first kappa shape index (κ1) is 14.0. The van der Waals surface area contributed by atoms with Gasteiger partial charge in [-0.1, -0.05) is 36.4 Å². The van der Waals surface area contributed by atoms with Gasteiger partial charge in [-0.05, 0) is 57.8 Å². The second kappa shape index (κ2) is 6.24. The lowest BCUT2D eigenvalue weighted by molar-refractivity contribution is 0.00377. The van der Waals surface area contributed by atoms with Crippen molar-refractivity contribution in [3.8, 4) is 0 Å². The van der Waals surface area contributed by atoms with Gasteiger partial charge in [0, 0.05) is 9.99 Å². The van der Waals surface area contributed by atoms with Crippen molar-refractivity contribution < 1.29 is 9.84 Å². The summed E-state index contributed by atoms with van der Waals surface area (Å²) in [7, 11) is 0. The molecule has 1 heterocycles. The number of aliphatic hydroxyl groups excluding tert-OH is 1. The van der Waals surface area contributed by atoms with E-state index < -0.39 is 6.10 Å². The predicted molar refractivity (Wildman–Crippen MR) is 87.6 cm³/mol. The van der Waals surface area contributed by atoms with E-state index in [1.54, 1.807) is 0 Å². The van der Waals surface area contributed by atoms with Crippen LogP contribution in [0.3, 0.4) is 0 Å². The summed E-state index contributed by atoms with van der Waals surface area (Å²) in [6.07, 6.45) is 1.08. The smallest absolute Gasteiger partial charge is 0.0855 e. The molecule has 0 saturated carbocycles. The molecule has 0 aromatic heterocycles. The lowest BCUT2D eigenvalue weighted by atomic mass is 9.92. The monoisotopic (exact) mass is 380 g/mol. The summed E-state index contributed by atoms with van der Waals surface area (Å²) >= 11 is 2.27. The Balaban J connectivity index is 1.77. The Hall–Kier alpha value is -0.910. The lowest BCUT2D eigenvalue weighted by Gasteiger charge is -2.27. The van der Waals surface area contributed by atoms with E-state index in [9.17, 15) is 5.11 Å². The zero-order valence-electron chi connectivity index (χ0n) is 11.1. The number of aliphatic hydroxyl groups is 1. The summed E-state index contributed by atoms with van der Waals surface area (Å²) in [6, 6.07) is 16.4. The minimum Gasteiger partial charge on any atom is -0.388 e. The zero-order valence-corrected chi connectivity index (χ0v) is 13.3. The highest BCUT2D eigenvalue weighted by molar-refractivity contribution is 14.1. The van der Waals surface area contributed by atoms with E-state index in [0.717, 1.165) is 18.6 Å². The van der Waals surface area contributed by atoms with Crippen LogP contribution in [0, 0.1) is 3.57 Å². The first-order valence-corrected chi connectivity index (χ1v) is 7.95. The van der Waals surface area contributed by atoms with Gasteiger partial charge in [-0.15, -0.1) is 0 Å². The summed E-state index contributed by atoms with van der Waals surface area (Å²) in [6.45, 7) is 0.737. The van der Waals surface area contributed by atoms with E-state index in [-0.39, 0.29) is 6.10 Å². The Kier molecular flexibility index (Phi) is 4.38. The van der Waals surface area contributed by atoms with E-state index in [4.69, 9.17) is 4.74 Å². The van der Waals surface area contributed by atoms with Crippen LogP contribution in [0.2, 0.25) is 0 Å². The molecule has 0 saturated heterocycles. The molecule has 2 nitrogen and oxygen atoms in total. The number of benzene rings is 2. The molecular weight excluding hydrogens is 363 g/mol. The largest absolute Gasteiger partial charge is 0.388 e. The van der Waals surface area contributed by atoms with E-state index >= 15 is 0 Å². The highest BCUT2D eigenvalue weighted by atomic mass is 127. The number of rotatable bonds is 3. The first-order chi connectivity index (χ1) is 9.74. The van der Waals surface area contributed by atoms with Crippen molar-refractivity contribution in [3.05, 3.63) is 68.8 Å². The molecular formula is C17H17IO2. The molecule has 0 amide bonds. The fraction of sp³-hybridized carbons (Fsp3) is 0.294. The first-order valence-electron chi connectivity index (χ1n) is 6.87. The van der Waals surface area contributed by atoms with Gasteiger partial charge in [0.1, 0.15) is 0 Å². The van der Waals surface area contributed by atoms with E-state index in [2.05, 4.69) is 40.8 Å². The van der Waals surface area contributed by atoms with Crippen LogP contribution in [0.15, 0.2) is 48.5 Å². The molecule has 2 aromatic carbocycles. The van der Waals surface area contributed by atoms with Gasteiger partial charge in [-0.2, -0.15) is 0 Å². The summed E-state index contributed by atoms with van der Waals surface area (Å²) in [4.78, 5) is 0. The molecule has 1 N–H and O–H groups in total. The molecule has 1 aliphatic rings. The van der Waals surface area contributed by atoms with Crippen LogP contribution in [0.25, 0.3) is 0 Å². The Morgan fingerprint density at radius 1 is 1.15 bits per heavy atom. The second-order valence-electron chi connectivity index (χ2n) is 5.11. The number of hydrogen-bond donors (Lipinski definition) is 1. The maximum atomic E-state index is 10.4. The summed E-state index contributed by atoms with van der Waals surface area (Å²) in [5.41, 5.74) is 3.53. The molecule has 2 atom stereocenters. The predicted octanol–water partition coefficient (Wildman–Crippen LogP) is 4.03. The summed E-state index contributed by atoms with van der Waals surface area (Å²) < 4.78 is 7.04. The number of ether oxygens (including phenoxy) is 1. The normalized spacial score (nSPS) is 19.4. The van der Waals surface area contributed by atoms with E-state index in [1.807, 2.05) is 30.3 Å². The topological polar surface area (TPSA) is 29.5 Å². The molecule has 1 aliphatic heterocycles. The zero-order chi connectivity index (χ0) is 13.9. The van der Waals surface area contributed by atoms with Gasteiger partial charge >= 0.3 is 0 Å². The number of halogens is 1. The third-order valence-corrected chi connectivity index (χ3v) is 4.50. The average Bonchev–Trinajstić information content (AvgIpc) is 2.48. The fourth-order valence-corrected chi connectivity index (χ4v) is 3.06. The minimum atomic E-state index is -0.483. The van der Waals surface area contributed by atoms with Crippen molar-refractivity contribution in [2.24, 2.45) is 0 Å². The van der Waals surface area contributed by atoms with Gasteiger partial charge in [0.25, 0.3) is 0 Å².